The van der Waals surface area contributed by atoms with Gasteiger partial charge in [-0.2, -0.15) is 0 Å². The van der Waals surface area contributed by atoms with Crippen LogP contribution in [0.25, 0.3) is 0 Å². The molecule has 1 aliphatic rings. The van der Waals surface area contributed by atoms with Crippen LogP contribution in [-0.4, -0.2) is 49.0 Å². The molecule has 0 spiro atoms. The fourth-order valence-corrected chi connectivity index (χ4v) is 3.44. The second-order valence-electron chi connectivity index (χ2n) is 4.84. The highest BCUT2D eigenvalue weighted by Gasteiger charge is 2.20. The maximum atomic E-state index is 11.6. The van der Waals surface area contributed by atoms with Crippen molar-refractivity contribution in [1.29, 1.82) is 0 Å². The number of hydrogen-bond acceptors (Lipinski definition) is 5. The van der Waals surface area contributed by atoms with Crippen LogP contribution in [0.4, 0.5) is 5.69 Å². The normalized spacial score (nSPS) is 19.4. The van der Waals surface area contributed by atoms with Crippen LogP contribution in [-0.2, 0) is 16.4 Å². The van der Waals surface area contributed by atoms with Gasteiger partial charge >= 0.3 is 0 Å². The third-order valence-corrected chi connectivity index (χ3v) is 4.93. The number of nitrogen functional groups attached to an aromatic ring is 1. The second kappa shape index (κ2) is 5.75. The van der Waals surface area contributed by atoms with Gasteiger partial charge in [0.1, 0.15) is 0 Å². The van der Waals surface area contributed by atoms with Gasteiger partial charge in [0.15, 0.2) is 9.84 Å². The molecule has 1 fully saturated rings. The molecule has 19 heavy (non-hydrogen) atoms. The minimum Gasteiger partial charge on any atom is -0.398 e. The number of hydrogen-bond donors (Lipinski definition) is 1. The summed E-state index contributed by atoms with van der Waals surface area (Å²) in [5.74, 6) is 0.483. The zero-order chi connectivity index (χ0) is 13.9. The quantitative estimate of drug-likeness (QED) is 0.810. The number of sulfone groups is 1. The highest BCUT2D eigenvalue weighted by atomic mass is 32.2. The monoisotopic (exact) mass is 285 g/mol. The summed E-state index contributed by atoms with van der Waals surface area (Å²) in [6.45, 7) is 2.59. The van der Waals surface area contributed by atoms with Crippen molar-refractivity contribution >= 4 is 15.5 Å². The first-order chi connectivity index (χ1) is 8.96. The van der Waals surface area contributed by atoms with Crippen molar-refractivity contribution in [3.63, 3.8) is 0 Å². The van der Waals surface area contributed by atoms with E-state index in [2.05, 4.69) is 4.90 Å². The topological polar surface area (TPSA) is 85.4 Å². The van der Waals surface area contributed by atoms with Gasteiger partial charge in [0.2, 0.25) is 0 Å². The molecular formula is C12H19N3O3S. The third-order valence-electron chi connectivity index (χ3n) is 3.32. The van der Waals surface area contributed by atoms with E-state index in [9.17, 15) is 13.2 Å². The summed E-state index contributed by atoms with van der Waals surface area (Å²) in [5.41, 5.74) is 6.15. The largest absolute Gasteiger partial charge is 0.398 e. The molecular weight excluding hydrogens is 266 g/mol. The van der Waals surface area contributed by atoms with Crippen molar-refractivity contribution in [3.05, 3.63) is 28.7 Å². The Kier molecular flexibility index (Phi) is 4.26. The molecule has 1 aromatic rings. The van der Waals surface area contributed by atoms with Crippen LogP contribution in [0.3, 0.4) is 0 Å². The average Bonchev–Trinajstić information content (AvgIpc) is 2.35. The third kappa shape index (κ3) is 4.07. The molecule has 2 heterocycles. The van der Waals surface area contributed by atoms with Gasteiger partial charge < -0.3 is 15.2 Å². The zero-order valence-corrected chi connectivity index (χ0v) is 11.6. The predicted molar refractivity (Wildman–Crippen MR) is 74.8 cm³/mol. The van der Waals surface area contributed by atoms with E-state index in [0.29, 0.717) is 25.3 Å². The molecule has 1 aliphatic heterocycles. The summed E-state index contributed by atoms with van der Waals surface area (Å²) in [6.07, 6.45) is 2.45. The van der Waals surface area contributed by atoms with E-state index in [1.165, 1.54) is 6.07 Å². The van der Waals surface area contributed by atoms with Gasteiger partial charge in [0, 0.05) is 37.6 Å². The Morgan fingerprint density at radius 1 is 1.16 bits per heavy atom. The molecule has 0 radical (unpaired) electrons. The lowest BCUT2D eigenvalue weighted by molar-refractivity contribution is 0.285. The summed E-state index contributed by atoms with van der Waals surface area (Å²) < 4.78 is 24.2. The van der Waals surface area contributed by atoms with Gasteiger partial charge in [0.05, 0.1) is 11.5 Å². The van der Waals surface area contributed by atoms with Crippen molar-refractivity contribution in [1.82, 2.24) is 9.47 Å². The van der Waals surface area contributed by atoms with Gasteiger partial charge in [-0.25, -0.2) is 8.42 Å². The fourth-order valence-electron chi connectivity index (χ4n) is 2.16. The Morgan fingerprint density at radius 2 is 1.84 bits per heavy atom. The minimum atomic E-state index is -2.82. The number of aryl methyl sites for hydroxylation is 1. The van der Waals surface area contributed by atoms with Crippen molar-refractivity contribution in [2.45, 2.75) is 13.0 Å². The molecule has 2 N–H and O–H groups in total. The van der Waals surface area contributed by atoms with Gasteiger partial charge in [-0.15, -0.1) is 0 Å². The summed E-state index contributed by atoms with van der Waals surface area (Å²) in [4.78, 5) is 13.7. The van der Waals surface area contributed by atoms with Crippen molar-refractivity contribution in [2.24, 2.45) is 0 Å². The molecule has 0 aliphatic carbocycles. The number of pyridine rings is 1. The van der Waals surface area contributed by atoms with Crippen LogP contribution in [0.5, 0.6) is 0 Å². The number of rotatable bonds is 4. The number of anilines is 1. The molecule has 0 atom stereocenters. The smallest absolute Gasteiger partial charge is 0.250 e. The SMILES string of the molecule is Nc1ccc(=O)n(CCCN2CCS(=O)(=O)CC2)c1. The standard InChI is InChI=1S/C12H19N3O3S/c13-11-2-3-12(16)15(10-11)5-1-4-14-6-8-19(17,18)9-7-14/h2-3,10H,1,4-9,13H2. The maximum absolute atomic E-state index is 11.6. The Morgan fingerprint density at radius 3 is 2.53 bits per heavy atom. The lowest BCUT2D eigenvalue weighted by Crippen LogP contribution is -2.41. The fraction of sp³-hybridized carbons (Fsp3) is 0.583. The molecule has 0 bridgehead atoms. The molecule has 0 unspecified atom stereocenters. The molecule has 1 aromatic heterocycles. The Balaban J connectivity index is 1.81. The summed E-state index contributed by atoms with van der Waals surface area (Å²) in [7, 11) is -2.82. The van der Waals surface area contributed by atoms with E-state index in [-0.39, 0.29) is 17.1 Å². The number of nitrogens with two attached hydrogens (primary N) is 1. The van der Waals surface area contributed by atoms with Crippen LogP contribution in [0.2, 0.25) is 0 Å². The maximum Gasteiger partial charge on any atom is 0.250 e. The summed E-state index contributed by atoms with van der Waals surface area (Å²) >= 11 is 0. The van der Waals surface area contributed by atoms with Crippen LogP contribution < -0.4 is 11.3 Å². The highest BCUT2D eigenvalue weighted by molar-refractivity contribution is 7.91. The molecule has 0 aromatic carbocycles. The van der Waals surface area contributed by atoms with Crippen molar-refractivity contribution in [3.8, 4) is 0 Å². The molecule has 0 amide bonds. The van der Waals surface area contributed by atoms with E-state index in [1.807, 2.05) is 0 Å². The second-order valence-corrected chi connectivity index (χ2v) is 7.14. The minimum absolute atomic E-state index is 0.0598. The number of aromatic nitrogens is 1. The molecule has 2 rings (SSSR count). The van der Waals surface area contributed by atoms with Crippen molar-refractivity contribution < 1.29 is 8.42 Å². The number of nitrogens with zero attached hydrogens (tertiary/aromatic N) is 2. The van der Waals surface area contributed by atoms with E-state index < -0.39 is 9.84 Å². The Hall–Kier alpha value is -1.34. The zero-order valence-electron chi connectivity index (χ0n) is 10.8. The summed E-state index contributed by atoms with van der Waals surface area (Å²) in [5, 5.41) is 0. The van der Waals surface area contributed by atoms with Gasteiger partial charge in [0.25, 0.3) is 5.56 Å². The first-order valence-electron chi connectivity index (χ1n) is 6.35. The molecule has 0 saturated carbocycles. The van der Waals surface area contributed by atoms with Crippen molar-refractivity contribution in [2.75, 3.05) is 36.9 Å². The first-order valence-corrected chi connectivity index (χ1v) is 8.17. The Labute approximate surface area is 112 Å². The van der Waals surface area contributed by atoms with Gasteiger partial charge in [-0.1, -0.05) is 0 Å². The molecule has 106 valence electrons. The molecule has 7 heteroatoms. The van der Waals surface area contributed by atoms with Crippen LogP contribution in [0.1, 0.15) is 6.42 Å². The van der Waals surface area contributed by atoms with E-state index in [4.69, 9.17) is 5.73 Å². The lowest BCUT2D eigenvalue weighted by Gasteiger charge is -2.26. The van der Waals surface area contributed by atoms with Crippen LogP contribution in [0.15, 0.2) is 23.1 Å². The van der Waals surface area contributed by atoms with Crippen LogP contribution >= 0.6 is 0 Å². The van der Waals surface area contributed by atoms with E-state index in [1.54, 1.807) is 16.8 Å². The predicted octanol–water partition coefficient (Wildman–Crippen LogP) is -0.449. The highest BCUT2D eigenvalue weighted by Crippen LogP contribution is 2.05. The van der Waals surface area contributed by atoms with Crippen LogP contribution in [0, 0.1) is 0 Å². The van der Waals surface area contributed by atoms with E-state index in [0.717, 1.165) is 13.0 Å². The lowest BCUT2D eigenvalue weighted by atomic mass is 10.3. The van der Waals surface area contributed by atoms with E-state index >= 15 is 0 Å². The average molecular weight is 285 g/mol. The molecule has 1 saturated heterocycles. The summed E-state index contributed by atoms with van der Waals surface area (Å²) in [6, 6.07) is 3.05. The Bertz CT molecular complexity index is 580. The first kappa shape index (κ1) is 14.1. The van der Waals surface area contributed by atoms with Gasteiger partial charge in [-0.3, -0.25) is 4.79 Å². The molecule has 6 nitrogen and oxygen atoms in total. The van der Waals surface area contributed by atoms with Gasteiger partial charge in [-0.05, 0) is 19.0 Å².